The molecule has 9 nitrogen and oxygen atoms in total. The van der Waals surface area contributed by atoms with Gasteiger partial charge in [0.25, 0.3) is 6.29 Å². The summed E-state index contributed by atoms with van der Waals surface area (Å²) in [7, 11) is 5.97. The highest BCUT2D eigenvalue weighted by Gasteiger charge is 2.25. The van der Waals surface area contributed by atoms with E-state index in [1.165, 1.54) is 212 Å². The third-order valence-electron chi connectivity index (χ3n) is 13.8. The maximum atomic E-state index is 12.8. The number of carbonyl (C=O) groups is 3. The Hall–Kier alpha value is -1.97. The first kappa shape index (κ1) is 68.0. The van der Waals surface area contributed by atoms with Gasteiger partial charge >= 0.3 is 17.9 Å². The Morgan fingerprint density at radius 2 is 0.743 bits per heavy atom. The molecule has 0 aliphatic heterocycles. The van der Waals surface area contributed by atoms with E-state index < -0.39 is 24.3 Å². The number of unbranched alkanes of at least 4 members (excludes halogenated alkanes) is 40. The van der Waals surface area contributed by atoms with Crippen molar-refractivity contribution in [1.29, 1.82) is 0 Å². The van der Waals surface area contributed by atoms with Gasteiger partial charge in [-0.05, 0) is 32.1 Å². The standard InChI is InChI=1S/C61H117NO8/c1-6-8-10-12-14-16-18-19-20-21-22-23-24-25-26-27-28-29-30-31-32-33-34-35-36-37-38-39-40-42-43-45-47-49-51-58(63)68-55-57(56-69-61(60(65)66)67-54-53-62(3,4)5)70-59(64)52-50-48-46-44-41-17-15-13-11-9-7-2/h13,15,57,61H,6-12,14,16-56H2,1-5H3/p+1/b15-13-. The lowest BCUT2D eigenvalue weighted by atomic mass is 10.0. The van der Waals surface area contributed by atoms with Gasteiger partial charge < -0.3 is 28.5 Å². The number of likely N-dealkylation sites (N-methyl/N-ethyl adjacent to an activating group) is 1. The van der Waals surface area contributed by atoms with E-state index in [9.17, 15) is 19.5 Å². The molecule has 0 bridgehead atoms. The molecular formula is C61H118NO8+. The van der Waals surface area contributed by atoms with Crippen LogP contribution in [0, 0.1) is 0 Å². The average molecular weight is 994 g/mol. The van der Waals surface area contributed by atoms with Gasteiger partial charge in [0.15, 0.2) is 6.10 Å². The Balaban J connectivity index is 3.92. The van der Waals surface area contributed by atoms with E-state index in [1.54, 1.807) is 0 Å². The summed E-state index contributed by atoms with van der Waals surface area (Å²) in [5.41, 5.74) is 0. The zero-order valence-electron chi connectivity index (χ0n) is 47.2. The van der Waals surface area contributed by atoms with Gasteiger partial charge in [-0.15, -0.1) is 0 Å². The van der Waals surface area contributed by atoms with Crippen LogP contribution >= 0.6 is 0 Å². The van der Waals surface area contributed by atoms with Crippen LogP contribution in [0.3, 0.4) is 0 Å². The smallest absolute Gasteiger partial charge is 0.361 e. The highest BCUT2D eigenvalue weighted by atomic mass is 16.7. The maximum Gasteiger partial charge on any atom is 0.361 e. The zero-order chi connectivity index (χ0) is 51.3. The molecule has 70 heavy (non-hydrogen) atoms. The molecule has 0 aromatic rings. The van der Waals surface area contributed by atoms with Crippen LogP contribution in [0.15, 0.2) is 12.2 Å². The fourth-order valence-corrected chi connectivity index (χ4v) is 9.06. The number of carbonyl (C=O) groups excluding carboxylic acids is 2. The van der Waals surface area contributed by atoms with E-state index >= 15 is 0 Å². The van der Waals surface area contributed by atoms with Crippen LogP contribution in [0.4, 0.5) is 0 Å². The topological polar surface area (TPSA) is 108 Å². The second kappa shape index (κ2) is 53.3. The molecule has 0 spiro atoms. The fourth-order valence-electron chi connectivity index (χ4n) is 9.06. The van der Waals surface area contributed by atoms with Crippen molar-refractivity contribution in [3.05, 3.63) is 12.2 Å². The molecular weight excluding hydrogens is 875 g/mol. The lowest BCUT2D eigenvalue weighted by Gasteiger charge is -2.25. The molecule has 0 saturated carbocycles. The van der Waals surface area contributed by atoms with Gasteiger partial charge in [0.05, 0.1) is 34.4 Å². The monoisotopic (exact) mass is 993 g/mol. The number of nitrogens with zero attached hydrogens (tertiary/aromatic N) is 1. The summed E-state index contributed by atoms with van der Waals surface area (Å²) in [4.78, 5) is 37.3. The zero-order valence-corrected chi connectivity index (χ0v) is 47.2. The van der Waals surface area contributed by atoms with E-state index in [2.05, 4.69) is 26.0 Å². The van der Waals surface area contributed by atoms with Crippen LogP contribution in [0.1, 0.15) is 303 Å². The predicted octanol–water partition coefficient (Wildman–Crippen LogP) is 17.7. The highest BCUT2D eigenvalue weighted by molar-refractivity contribution is 5.71. The van der Waals surface area contributed by atoms with Crippen LogP contribution < -0.4 is 0 Å². The molecule has 0 amide bonds. The lowest BCUT2D eigenvalue weighted by molar-refractivity contribution is -0.870. The van der Waals surface area contributed by atoms with Gasteiger partial charge in [0.2, 0.25) is 0 Å². The van der Waals surface area contributed by atoms with E-state index in [-0.39, 0.29) is 32.2 Å². The quantitative estimate of drug-likeness (QED) is 0.0211. The van der Waals surface area contributed by atoms with Crippen molar-refractivity contribution in [2.75, 3.05) is 47.5 Å². The molecule has 0 saturated heterocycles. The molecule has 0 aliphatic rings. The molecule has 414 valence electrons. The van der Waals surface area contributed by atoms with Crippen molar-refractivity contribution in [2.24, 2.45) is 0 Å². The van der Waals surface area contributed by atoms with Crippen LogP contribution in [-0.2, 0) is 33.3 Å². The van der Waals surface area contributed by atoms with Crippen molar-refractivity contribution in [2.45, 2.75) is 315 Å². The molecule has 0 radical (unpaired) electrons. The number of allylic oxidation sites excluding steroid dienone is 2. The molecule has 2 atom stereocenters. The minimum Gasteiger partial charge on any atom is -0.477 e. The number of ether oxygens (including phenoxy) is 4. The third kappa shape index (κ3) is 53.8. The Bertz CT molecular complexity index is 1150. The van der Waals surface area contributed by atoms with Crippen molar-refractivity contribution >= 4 is 17.9 Å². The second-order valence-electron chi connectivity index (χ2n) is 22.0. The normalized spacial score (nSPS) is 12.8. The highest BCUT2D eigenvalue weighted by Crippen LogP contribution is 2.18. The number of carboxylic acids is 1. The first-order chi connectivity index (χ1) is 34.1. The van der Waals surface area contributed by atoms with Crippen LogP contribution in [-0.4, -0.2) is 87.4 Å². The predicted molar refractivity (Wildman–Crippen MR) is 295 cm³/mol. The van der Waals surface area contributed by atoms with Crippen LogP contribution in [0.25, 0.3) is 0 Å². The molecule has 0 aromatic heterocycles. The summed E-state index contributed by atoms with van der Waals surface area (Å²) in [6.45, 7) is 4.87. The molecule has 2 unspecified atom stereocenters. The van der Waals surface area contributed by atoms with Gasteiger partial charge in [-0.2, -0.15) is 0 Å². The SMILES string of the molecule is CCCC/C=C\CCCCCCCC(=O)OC(COC(=O)CCCCCCCCCCCCCCCCCCCCCCCCCCCCCCCCCCCC)COC(OCC[N+](C)(C)C)C(=O)O. The summed E-state index contributed by atoms with van der Waals surface area (Å²) >= 11 is 0. The second-order valence-corrected chi connectivity index (χ2v) is 22.0. The van der Waals surface area contributed by atoms with Gasteiger partial charge in [-0.3, -0.25) is 9.59 Å². The Labute approximate surface area is 434 Å². The number of esters is 2. The molecule has 0 heterocycles. The maximum absolute atomic E-state index is 12.8. The molecule has 0 aliphatic carbocycles. The molecule has 0 aromatic carbocycles. The summed E-state index contributed by atoms with van der Waals surface area (Å²) in [5.74, 6) is -2.00. The van der Waals surface area contributed by atoms with E-state index in [1.807, 2.05) is 21.1 Å². The summed E-state index contributed by atoms with van der Waals surface area (Å²) in [6, 6.07) is 0. The number of carboxylic acid groups (broad SMARTS) is 1. The summed E-state index contributed by atoms with van der Waals surface area (Å²) in [5, 5.41) is 9.67. The van der Waals surface area contributed by atoms with Crippen molar-refractivity contribution < 1.29 is 42.9 Å². The van der Waals surface area contributed by atoms with E-state index in [4.69, 9.17) is 18.9 Å². The number of quaternary nitrogens is 1. The number of hydrogen-bond donors (Lipinski definition) is 1. The van der Waals surface area contributed by atoms with E-state index in [0.717, 1.165) is 57.8 Å². The third-order valence-corrected chi connectivity index (χ3v) is 13.8. The fraction of sp³-hybridized carbons (Fsp3) is 0.918. The largest absolute Gasteiger partial charge is 0.477 e. The number of hydrogen-bond acceptors (Lipinski definition) is 7. The Kier molecular flexibility index (Phi) is 51.8. The summed E-state index contributed by atoms with van der Waals surface area (Å²) < 4.78 is 22.8. The Morgan fingerprint density at radius 3 is 1.10 bits per heavy atom. The van der Waals surface area contributed by atoms with E-state index in [0.29, 0.717) is 23.9 Å². The molecule has 1 N–H and O–H groups in total. The van der Waals surface area contributed by atoms with Crippen molar-refractivity contribution in [3.63, 3.8) is 0 Å². The van der Waals surface area contributed by atoms with Crippen LogP contribution in [0.5, 0.6) is 0 Å². The average Bonchev–Trinajstić information content (AvgIpc) is 3.33. The van der Waals surface area contributed by atoms with Gasteiger partial charge in [-0.1, -0.05) is 270 Å². The number of aliphatic carboxylic acids is 1. The first-order valence-electron chi connectivity index (χ1n) is 30.4. The molecule has 9 heteroatoms. The van der Waals surface area contributed by atoms with Gasteiger partial charge in [0, 0.05) is 12.8 Å². The van der Waals surface area contributed by atoms with Gasteiger partial charge in [-0.25, -0.2) is 4.79 Å². The van der Waals surface area contributed by atoms with Crippen molar-refractivity contribution in [1.82, 2.24) is 0 Å². The minimum atomic E-state index is -1.51. The minimum absolute atomic E-state index is 0.179. The number of rotatable bonds is 57. The first-order valence-corrected chi connectivity index (χ1v) is 30.4. The molecule has 0 rings (SSSR count). The van der Waals surface area contributed by atoms with Crippen LogP contribution in [0.2, 0.25) is 0 Å². The summed E-state index contributed by atoms with van der Waals surface area (Å²) in [6.07, 6.45) is 59.1. The Morgan fingerprint density at radius 1 is 0.414 bits per heavy atom. The lowest BCUT2D eigenvalue weighted by Crippen LogP contribution is -2.40. The molecule has 0 fully saturated rings. The van der Waals surface area contributed by atoms with Gasteiger partial charge in [0.1, 0.15) is 13.2 Å². The van der Waals surface area contributed by atoms with Crippen molar-refractivity contribution in [3.8, 4) is 0 Å².